The fourth-order valence-corrected chi connectivity index (χ4v) is 1.95. The zero-order valence-corrected chi connectivity index (χ0v) is 9.82. The van der Waals surface area contributed by atoms with Crippen LogP contribution in [0.25, 0.3) is 0 Å². The van der Waals surface area contributed by atoms with Crippen LogP contribution in [0.15, 0.2) is 24.3 Å². The first-order valence-corrected chi connectivity index (χ1v) is 5.98. The zero-order chi connectivity index (χ0) is 12.1. The van der Waals surface area contributed by atoms with Crippen LogP contribution in [-0.4, -0.2) is 25.2 Å². The van der Waals surface area contributed by atoms with Gasteiger partial charge in [0.2, 0.25) is 0 Å². The van der Waals surface area contributed by atoms with E-state index in [0.29, 0.717) is 18.7 Å². The Hall–Kier alpha value is -1.39. The van der Waals surface area contributed by atoms with Crippen LogP contribution in [0.2, 0.25) is 0 Å². The van der Waals surface area contributed by atoms with Gasteiger partial charge in [-0.1, -0.05) is 12.1 Å². The van der Waals surface area contributed by atoms with Crippen LogP contribution in [0.3, 0.4) is 0 Å². The third kappa shape index (κ3) is 3.28. The van der Waals surface area contributed by atoms with Gasteiger partial charge in [-0.2, -0.15) is 0 Å². The number of benzene rings is 1. The Morgan fingerprint density at radius 1 is 1.53 bits per heavy atom. The fourth-order valence-electron chi connectivity index (χ4n) is 1.95. The quantitative estimate of drug-likeness (QED) is 0.818. The van der Waals surface area contributed by atoms with Crippen molar-refractivity contribution < 1.29 is 9.53 Å². The van der Waals surface area contributed by atoms with Crippen molar-refractivity contribution in [2.75, 3.05) is 13.2 Å². The number of rotatable bonds is 4. The number of carbonyl (C=O) groups excluding carboxylic acids is 1. The summed E-state index contributed by atoms with van der Waals surface area (Å²) in [5, 5.41) is 2.89. The largest absolute Gasteiger partial charge is 0.376 e. The molecule has 1 amide bonds. The number of hydrogen-bond donors (Lipinski definition) is 2. The molecule has 1 heterocycles. The van der Waals surface area contributed by atoms with Gasteiger partial charge in [0, 0.05) is 25.3 Å². The maximum absolute atomic E-state index is 11.9. The van der Waals surface area contributed by atoms with Gasteiger partial charge in [-0.3, -0.25) is 4.79 Å². The highest BCUT2D eigenvalue weighted by Crippen LogP contribution is 2.11. The minimum atomic E-state index is -0.0594. The van der Waals surface area contributed by atoms with Crippen molar-refractivity contribution >= 4 is 5.91 Å². The Labute approximate surface area is 101 Å². The summed E-state index contributed by atoms with van der Waals surface area (Å²) < 4.78 is 5.45. The molecule has 0 unspecified atom stereocenters. The number of amides is 1. The van der Waals surface area contributed by atoms with E-state index in [2.05, 4.69) is 5.32 Å². The lowest BCUT2D eigenvalue weighted by molar-refractivity contribution is 0.0857. The molecule has 92 valence electrons. The number of ether oxygens (including phenoxy) is 1. The van der Waals surface area contributed by atoms with Crippen LogP contribution in [0.4, 0.5) is 0 Å². The molecule has 1 aliphatic heterocycles. The SMILES string of the molecule is NCc1cccc(C(=O)NC[C@H]2CCCO2)c1. The average molecular weight is 234 g/mol. The van der Waals surface area contributed by atoms with E-state index in [1.165, 1.54) is 0 Å². The molecule has 1 atom stereocenters. The summed E-state index contributed by atoms with van der Waals surface area (Å²) in [6, 6.07) is 7.38. The monoisotopic (exact) mass is 234 g/mol. The van der Waals surface area contributed by atoms with Gasteiger partial charge in [0.05, 0.1) is 6.10 Å². The van der Waals surface area contributed by atoms with Crippen LogP contribution in [0.1, 0.15) is 28.8 Å². The van der Waals surface area contributed by atoms with Gasteiger partial charge in [-0.05, 0) is 30.5 Å². The van der Waals surface area contributed by atoms with E-state index in [0.717, 1.165) is 25.0 Å². The predicted molar refractivity (Wildman–Crippen MR) is 65.6 cm³/mol. The summed E-state index contributed by atoms with van der Waals surface area (Å²) in [6.45, 7) is 1.85. The Kier molecular flexibility index (Phi) is 4.12. The maximum Gasteiger partial charge on any atom is 0.251 e. The summed E-state index contributed by atoms with van der Waals surface area (Å²) >= 11 is 0. The molecule has 0 aliphatic carbocycles. The van der Waals surface area contributed by atoms with Gasteiger partial charge >= 0.3 is 0 Å². The molecule has 17 heavy (non-hydrogen) atoms. The average Bonchev–Trinajstić information content (AvgIpc) is 2.89. The number of nitrogens with two attached hydrogens (primary N) is 1. The summed E-state index contributed by atoms with van der Waals surface area (Å²) in [6.07, 6.45) is 2.29. The van der Waals surface area contributed by atoms with E-state index >= 15 is 0 Å². The molecule has 0 aromatic heterocycles. The fraction of sp³-hybridized carbons (Fsp3) is 0.462. The van der Waals surface area contributed by atoms with E-state index in [4.69, 9.17) is 10.5 Å². The molecule has 0 bridgehead atoms. The van der Waals surface area contributed by atoms with E-state index in [1.54, 1.807) is 6.07 Å². The first kappa shape index (κ1) is 12.1. The maximum atomic E-state index is 11.9. The van der Waals surface area contributed by atoms with E-state index in [9.17, 15) is 4.79 Å². The van der Waals surface area contributed by atoms with Crippen molar-refractivity contribution in [3.63, 3.8) is 0 Å². The van der Waals surface area contributed by atoms with E-state index in [1.807, 2.05) is 18.2 Å². The van der Waals surface area contributed by atoms with Crippen LogP contribution < -0.4 is 11.1 Å². The summed E-state index contributed by atoms with van der Waals surface area (Å²) in [4.78, 5) is 11.9. The molecular formula is C13H18N2O2. The lowest BCUT2D eigenvalue weighted by Gasteiger charge is -2.11. The second kappa shape index (κ2) is 5.80. The first-order chi connectivity index (χ1) is 8.29. The minimum Gasteiger partial charge on any atom is -0.376 e. The molecule has 1 aromatic carbocycles. The molecule has 1 fully saturated rings. The van der Waals surface area contributed by atoms with Crippen molar-refractivity contribution in [2.45, 2.75) is 25.5 Å². The molecule has 0 radical (unpaired) electrons. The Morgan fingerprint density at radius 2 is 2.41 bits per heavy atom. The molecule has 1 saturated heterocycles. The Balaban J connectivity index is 1.89. The molecule has 3 N–H and O–H groups in total. The van der Waals surface area contributed by atoms with Crippen LogP contribution in [0, 0.1) is 0 Å². The van der Waals surface area contributed by atoms with Crippen molar-refractivity contribution in [3.8, 4) is 0 Å². The molecule has 0 spiro atoms. The van der Waals surface area contributed by atoms with Crippen LogP contribution in [0.5, 0.6) is 0 Å². The topological polar surface area (TPSA) is 64.4 Å². The highest BCUT2D eigenvalue weighted by Gasteiger charge is 2.16. The number of hydrogen-bond acceptors (Lipinski definition) is 3. The Morgan fingerprint density at radius 3 is 3.12 bits per heavy atom. The lowest BCUT2D eigenvalue weighted by Crippen LogP contribution is -2.31. The standard InChI is InChI=1S/C13H18N2O2/c14-8-10-3-1-4-11(7-10)13(16)15-9-12-5-2-6-17-12/h1,3-4,7,12H,2,5-6,8-9,14H2,(H,15,16)/t12-/m1/s1. The third-order valence-corrected chi connectivity index (χ3v) is 2.94. The van der Waals surface area contributed by atoms with Gasteiger partial charge in [-0.15, -0.1) is 0 Å². The van der Waals surface area contributed by atoms with Gasteiger partial charge in [0.25, 0.3) is 5.91 Å². The van der Waals surface area contributed by atoms with Gasteiger partial charge in [0.1, 0.15) is 0 Å². The smallest absolute Gasteiger partial charge is 0.251 e. The highest BCUT2D eigenvalue weighted by atomic mass is 16.5. The van der Waals surface area contributed by atoms with Crippen molar-refractivity contribution in [1.82, 2.24) is 5.32 Å². The second-order valence-corrected chi connectivity index (χ2v) is 4.25. The van der Waals surface area contributed by atoms with Gasteiger partial charge < -0.3 is 15.8 Å². The first-order valence-electron chi connectivity index (χ1n) is 5.98. The normalized spacial score (nSPS) is 19.2. The zero-order valence-electron chi connectivity index (χ0n) is 9.82. The van der Waals surface area contributed by atoms with Crippen LogP contribution >= 0.6 is 0 Å². The van der Waals surface area contributed by atoms with E-state index < -0.39 is 0 Å². The van der Waals surface area contributed by atoms with E-state index in [-0.39, 0.29) is 12.0 Å². The summed E-state index contributed by atoms with van der Waals surface area (Å²) in [5.74, 6) is -0.0594. The minimum absolute atomic E-state index is 0.0594. The third-order valence-electron chi connectivity index (χ3n) is 2.94. The molecule has 0 saturated carbocycles. The molecule has 4 nitrogen and oxygen atoms in total. The van der Waals surface area contributed by atoms with Gasteiger partial charge in [-0.25, -0.2) is 0 Å². The summed E-state index contributed by atoms with van der Waals surface area (Å²) in [5.41, 5.74) is 7.17. The molecule has 1 aliphatic rings. The highest BCUT2D eigenvalue weighted by molar-refractivity contribution is 5.94. The number of carbonyl (C=O) groups is 1. The molecule has 4 heteroatoms. The van der Waals surface area contributed by atoms with Gasteiger partial charge in [0.15, 0.2) is 0 Å². The molecular weight excluding hydrogens is 216 g/mol. The van der Waals surface area contributed by atoms with Crippen molar-refractivity contribution in [2.24, 2.45) is 5.73 Å². The van der Waals surface area contributed by atoms with Crippen molar-refractivity contribution in [1.29, 1.82) is 0 Å². The second-order valence-electron chi connectivity index (χ2n) is 4.25. The molecule has 1 aromatic rings. The number of nitrogens with one attached hydrogen (secondary N) is 1. The lowest BCUT2D eigenvalue weighted by atomic mass is 10.1. The predicted octanol–water partition coefficient (Wildman–Crippen LogP) is 1.05. The molecule has 2 rings (SSSR count). The van der Waals surface area contributed by atoms with Crippen molar-refractivity contribution in [3.05, 3.63) is 35.4 Å². The summed E-state index contributed by atoms with van der Waals surface area (Å²) in [7, 11) is 0. The van der Waals surface area contributed by atoms with Crippen LogP contribution in [-0.2, 0) is 11.3 Å². The Bertz CT molecular complexity index is 387.